The summed E-state index contributed by atoms with van der Waals surface area (Å²) in [4.78, 5) is 30.5. The first-order valence-corrected chi connectivity index (χ1v) is 9.23. The van der Waals surface area contributed by atoms with Crippen LogP contribution in [-0.2, 0) is 20.8 Å². The average molecular weight is 405 g/mol. The number of nitrogens with zero attached hydrogens (tertiary/aromatic N) is 4. The molecule has 1 atom stereocenters. The summed E-state index contributed by atoms with van der Waals surface area (Å²) < 4.78 is 25.2. The lowest BCUT2D eigenvalue weighted by Crippen LogP contribution is -2.46. The quantitative estimate of drug-likeness (QED) is 0.839. The first-order valence-electron chi connectivity index (χ1n) is 9.23. The van der Waals surface area contributed by atoms with Gasteiger partial charge in [-0.2, -0.15) is 5.10 Å². The maximum Gasteiger partial charge on any atom is 0.411 e. The number of ether oxygens (including phenoxy) is 2. The molecule has 0 aliphatic carbocycles. The van der Waals surface area contributed by atoms with Crippen molar-refractivity contribution in [3.8, 4) is 0 Å². The summed E-state index contributed by atoms with van der Waals surface area (Å²) in [5, 5.41) is 6.97. The lowest BCUT2D eigenvalue weighted by molar-refractivity contribution is -0.116. The van der Waals surface area contributed by atoms with Crippen molar-refractivity contribution in [2.45, 2.75) is 39.0 Å². The fourth-order valence-electron chi connectivity index (χ4n) is 2.78. The second-order valence-corrected chi connectivity index (χ2v) is 7.62. The number of halogens is 1. The van der Waals surface area contributed by atoms with Crippen LogP contribution in [0.15, 0.2) is 30.6 Å². The number of rotatable bonds is 4. The summed E-state index contributed by atoms with van der Waals surface area (Å²) in [5.74, 6) is -0.352. The van der Waals surface area contributed by atoms with E-state index in [1.54, 1.807) is 20.8 Å². The van der Waals surface area contributed by atoms with Crippen LogP contribution in [0.5, 0.6) is 0 Å². The van der Waals surface area contributed by atoms with Gasteiger partial charge in [0, 0.05) is 12.2 Å². The summed E-state index contributed by atoms with van der Waals surface area (Å²) in [6, 6.07) is 4.96. The van der Waals surface area contributed by atoms with E-state index in [0.717, 1.165) is 0 Å². The van der Waals surface area contributed by atoms with E-state index in [1.807, 2.05) is 0 Å². The van der Waals surface area contributed by atoms with Gasteiger partial charge in [-0.1, -0.05) is 0 Å². The highest BCUT2D eigenvalue weighted by Crippen LogP contribution is 2.23. The fourth-order valence-corrected chi connectivity index (χ4v) is 2.78. The smallest absolute Gasteiger partial charge is 0.411 e. The molecule has 10 heteroatoms. The third kappa shape index (κ3) is 5.74. The van der Waals surface area contributed by atoms with Crippen LogP contribution in [0.1, 0.15) is 32.6 Å². The number of morpholine rings is 1. The Morgan fingerprint density at radius 2 is 2.03 bits per heavy atom. The molecular weight excluding hydrogens is 381 g/mol. The Hall–Kier alpha value is -3.01. The lowest BCUT2D eigenvalue weighted by atomic mass is 10.2. The van der Waals surface area contributed by atoms with Gasteiger partial charge in [-0.05, 0) is 45.0 Å². The predicted octanol–water partition coefficient (Wildman–Crippen LogP) is 2.36. The first-order chi connectivity index (χ1) is 13.7. The van der Waals surface area contributed by atoms with Crippen LogP contribution in [0.2, 0.25) is 0 Å². The monoisotopic (exact) mass is 405 g/mol. The zero-order chi connectivity index (χ0) is 21.0. The van der Waals surface area contributed by atoms with E-state index in [0.29, 0.717) is 24.7 Å². The minimum Gasteiger partial charge on any atom is -0.444 e. The van der Waals surface area contributed by atoms with Crippen molar-refractivity contribution in [1.29, 1.82) is 0 Å². The number of anilines is 1. The van der Waals surface area contributed by atoms with Crippen molar-refractivity contribution >= 4 is 17.7 Å². The summed E-state index contributed by atoms with van der Waals surface area (Å²) in [7, 11) is 0. The molecule has 0 spiro atoms. The van der Waals surface area contributed by atoms with E-state index in [1.165, 1.54) is 40.2 Å². The van der Waals surface area contributed by atoms with Gasteiger partial charge in [0.2, 0.25) is 5.91 Å². The van der Waals surface area contributed by atoms with Crippen molar-refractivity contribution in [2.24, 2.45) is 0 Å². The molecule has 2 heterocycles. The van der Waals surface area contributed by atoms with Crippen LogP contribution < -0.4 is 5.32 Å². The summed E-state index contributed by atoms with van der Waals surface area (Å²) >= 11 is 0. The van der Waals surface area contributed by atoms with E-state index < -0.39 is 17.7 Å². The zero-order valence-electron chi connectivity index (χ0n) is 16.6. The maximum absolute atomic E-state index is 12.9. The van der Waals surface area contributed by atoms with Gasteiger partial charge in [-0.15, -0.1) is 0 Å². The second-order valence-electron chi connectivity index (χ2n) is 7.62. The Kier molecular flexibility index (Phi) is 6.12. The molecule has 0 bridgehead atoms. The average Bonchev–Trinajstić information content (AvgIpc) is 3.10. The van der Waals surface area contributed by atoms with Crippen molar-refractivity contribution in [3.05, 3.63) is 42.2 Å². The van der Waals surface area contributed by atoms with Crippen LogP contribution in [0.4, 0.5) is 14.9 Å². The molecule has 1 aromatic carbocycles. The SMILES string of the molecule is CC(C)(C)OC(=O)N1CCOC[C@H]1c1ncn(CC(=O)Nc2ccc(F)cc2)n1. The molecule has 0 radical (unpaired) electrons. The number of hydrogen-bond donors (Lipinski definition) is 1. The largest absolute Gasteiger partial charge is 0.444 e. The molecule has 2 amide bonds. The van der Waals surface area contributed by atoms with Gasteiger partial charge >= 0.3 is 6.09 Å². The van der Waals surface area contributed by atoms with Crippen LogP contribution in [0.25, 0.3) is 0 Å². The lowest BCUT2D eigenvalue weighted by Gasteiger charge is -2.35. The number of amides is 2. The second kappa shape index (κ2) is 8.56. The van der Waals surface area contributed by atoms with Gasteiger partial charge in [0.1, 0.15) is 30.3 Å². The van der Waals surface area contributed by atoms with Gasteiger partial charge in [-0.25, -0.2) is 18.9 Å². The normalized spacial score (nSPS) is 17.1. The molecule has 3 rings (SSSR count). The van der Waals surface area contributed by atoms with E-state index in [2.05, 4.69) is 15.4 Å². The van der Waals surface area contributed by atoms with E-state index in [4.69, 9.17) is 9.47 Å². The van der Waals surface area contributed by atoms with Crippen LogP contribution in [0, 0.1) is 5.82 Å². The minimum absolute atomic E-state index is 0.0790. The van der Waals surface area contributed by atoms with Gasteiger partial charge in [-0.3, -0.25) is 9.69 Å². The fraction of sp³-hybridized carbons (Fsp3) is 0.474. The highest BCUT2D eigenvalue weighted by Gasteiger charge is 2.34. The van der Waals surface area contributed by atoms with Crippen molar-refractivity contribution in [2.75, 3.05) is 25.1 Å². The third-order valence-corrected chi connectivity index (χ3v) is 4.04. The molecule has 1 saturated heterocycles. The first kappa shape index (κ1) is 20.7. The third-order valence-electron chi connectivity index (χ3n) is 4.04. The highest BCUT2D eigenvalue weighted by molar-refractivity contribution is 5.90. The summed E-state index contributed by atoms with van der Waals surface area (Å²) in [6.45, 7) is 6.32. The Labute approximate surface area is 167 Å². The van der Waals surface area contributed by atoms with E-state index in [9.17, 15) is 14.0 Å². The number of carbonyl (C=O) groups excluding carboxylic acids is 2. The number of carbonyl (C=O) groups is 2. The Morgan fingerprint density at radius 3 is 2.72 bits per heavy atom. The van der Waals surface area contributed by atoms with Crippen LogP contribution >= 0.6 is 0 Å². The standard InChI is InChI=1S/C19H24FN5O4/c1-19(2,3)29-18(27)25-8-9-28-11-15(25)17-21-12-24(23-17)10-16(26)22-14-6-4-13(20)5-7-14/h4-7,12,15H,8-11H2,1-3H3,(H,22,26)/t15-/m0/s1. The molecule has 1 aliphatic rings. The van der Waals surface area contributed by atoms with Gasteiger partial charge in [0.15, 0.2) is 5.82 Å². The summed E-state index contributed by atoms with van der Waals surface area (Å²) in [5.41, 5.74) is -0.140. The van der Waals surface area contributed by atoms with E-state index >= 15 is 0 Å². The maximum atomic E-state index is 12.9. The van der Waals surface area contributed by atoms with Crippen molar-refractivity contribution < 1.29 is 23.5 Å². The van der Waals surface area contributed by atoms with Crippen LogP contribution in [0.3, 0.4) is 0 Å². The summed E-state index contributed by atoms with van der Waals surface area (Å²) in [6.07, 6.45) is 0.956. The Balaban J connectivity index is 1.64. The molecular formula is C19H24FN5O4. The van der Waals surface area contributed by atoms with Crippen molar-refractivity contribution in [3.63, 3.8) is 0 Å². The zero-order valence-corrected chi connectivity index (χ0v) is 16.6. The number of nitrogens with one attached hydrogen (secondary N) is 1. The number of aromatic nitrogens is 3. The molecule has 0 saturated carbocycles. The van der Waals surface area contributed by atoms with Gasteiger partial charge in [0.05, 0.1) is 13.2 Å². The molecule has 1 fully saturated rings. The molecule has 1 aromatic heterocycles. The molecule has 156 valence electrons. The van der Waals surface area contributed by atoms with Crippen LogP contribution in [-0.4, -0.2) is 57.0 Å². The predicted molar refractivity (Wildman–Crippen MR) is 102 cm³/mol. The molecule has 2 aromatic rings. The Bertz CT molecular complexity index is 862. The van der Waals surface area contributed by atoms with Gasteiger partial charge < -0.3 is 14.8 Å². The number of benzene rings is 1. The highest BCUT2D eigenvalue weighted by atomic mass is 19.1. The molecule has 9 nitrogen and oxygen atoms in total. The topological polar surface area (TPSA) is 98.6 Å². The van der Waals surface area contributed by atoms with Gasteiger partial charge in [0.25, 0.3) is 0 Å². The Morgan fingerprint density at radius 1 is 1.31 bits per heavy atom. The van der Waals surface area contributed by atoms with Crippen molar-refractivity contribution in [1.82, 2.24) is 19.7 Å². The molecule has 1 aliphatic heterocycles. The molecule has 0 unspecified atom stereocenters. The molecule has 29 heavy (non-hydrogen) atoms. The minimum atomic E-state index is -0.620. The molecule has 1 N–H and O–H groups in total. The number of hydrogen-bond acceptors (Lipinski definition) is 6. The van der Waals surface area contributed by atoms with E-state index in [-0.39, 0.29) is 24.9 Å².